The van der Waals surface area contributed by atoms with Crippen molar-refractivity contribution in [2.75, 3.05) is 5.32 Å². The number of halogens is 2. The molecule has 3 rings (SSSR count). The minimum absolute atomic E-state index is 0.0430. The number of aryl methyl sites for hydroxylation is 2. The summed E-state index contributed by atoms with van der Waals surface area (Å²) in [5, 5.41) is 10.8. The van der Waals surface area contributed by atoms with E-state index in [0.717, 1.165) is 21.6 Å². The van der Waals surface area contributed by atoms with E-state index >= 15 is 0 Å². The van der Waals surface area contributed by atoms with Crippen molar-refractivity contribution in [3.05, 3.63) is 68.2 Å². The number of rotatable bonds is 4. The first-order valence-corrected chi connectivity index (χ1v) is 8.45. The third-order valence-corrected chi connectivity index (χ3v) is 4.36. The molecule has 1 N–H and O–H groups in total. The number of hydrogen-bond acceptors (Lipinski definition) is 4. The second-order valence-electron chi connectivity index (χ2n) is 5.74. The normalized spacial score (nSPS) is 10.8. The Morgan fingerprint density at radius 2 is 1.88 bits per heavy atom. The first-order chi connectivity index (χ1) is 12.3. The Morgan fingerprint density at radius 1 is 1.19 bits per heavy atom. The van der Waals surface area contributed by atoms with Gasteiger partial charge in [-0.1, -0.05) is 40.9 Å². The van der Waals surface area contributed by atoms with Gasteiger partial charge in [0.25, 0.3) is 5.56 Å². The van der Waals surface area contributed by atoms with Crippen LogP contribution in [0.2, 0.25) is 10.0 Å². The molecule has 0 fully saturated rings. The van der Waals surface area contributed by atoms with Crippen LogP contribution in [0.5, 0.6) is 0 Å². The fraction of sp³-hybridized carbons (Fsp3) is 0.176. The molecule has 1 amide bonds. The quantitative estimate of drug-likeness (QED) is 0.740. The summed E-state index contributed by atoms with van der Waals surface area (Å²) in [5.41, 5.74) is 2.04. The maximum Gasteiger partial charge on any atom is 0.287 e. The summed E-state index contributed by atoms with van der Waals surface area (Å²) in [7, 11) is 0. The summed E-state index contributed by atoms with van der Waals surface area (Å²) >= 11 is 11.5. The molecule has 2 aromatic heterocycles. The zero-order valence-electron chi connectivity index (χ0n) is 14.0. The number of carbonyl (C=O) groups is 1. The van der Waals surface area contributed by atoms with Gasteiger partial charge in [-0.15, -0.1) is 0 Å². The van der Waals surface area contributed by atoms with Crippen LogP contribution in [-0.4, -0.2) is 25.5 Å². The van der Waals surface area contributed by atoms with E-state index in [0.29, 0.717) is 5.82 Å². The molecule has 1 aromatic carbocycles. The highest BCUT2D eigenvalue weighted by Gasteiger charge is 2.14. The lowest BCUT2D eigenvalue weighted by Gasteiger charge is -2.10. The van der Waals surface area contributed by atoms with E-state index in [1.807, 2.05) is 38.1 Å². The second-order valence-corrected chi connectivity index (χ2v) is 6.52. The number of benzene rings is 1. The van der Waals surface area contributed by atoms with Gasteiger partial charge < -0.3 is 5.32 Å². The van der Waals surface area contributed by atoms with Gasteiger partial charge >= 0.3 is 0 Å². The summed E-state index contributed by atoms with van der Waals surface area (Å²) in [6.07, 6.45) is 1.22. The van der Waals surface area contributed by atoms with Crippen LogP contribution in [0.4, 0.5) is 5.82 Å². The number of carbonyl (C=O) groups excluding carboxylic acids is 1. The molecular weight excluding hydrogens is 377 g/mol. The first-order valence-electron chi connectivity index (χ1n) is 7.70. The van der Waals surface area contributed by atoms with Gasteiger partial charge in [-0.3, -0.25) is 9.59 Å². The molecule has 0 atom stereocenters. The van der Waals surface area contributed by atoms with Crippen LogP contribution in [0.1, 0.15) is 11.3 Å². The van der Waals surface area contributed by atoms with Gasteiger partial charge in [-0.2, -0.15) is 10.2 Å². The summed E-state index contributed by atoms with van der Waals surface area (Å²) in [4.78, 5) is 24.3. The van der Waals surface area contributed by atoms with Crippen molar-refractivity contribution in [3.63, 3.8) is 0 Å². The lowest BCUT2D eigenvalue weighted by atomic mass is 10.2. The highest BCUT2D eigenvalue weighted by atomic mass is 35.5. The van der Waals surface area contributed by atoms with Crippen molar-refractivity contribution in [1.29, 1.82) is 0 Å². The average molecular weight is 392 g/mol. The maximum absolute atomic E-state index is 12.3. The Morgan fingerprint density at radius 3 is 2.58 bits per heavy atom. The van der Waals surface area contributed by atoms with Gasteiger partial charge in [0.05, 0.1) is 22.6 Å². The molecule has 7 nitrogen and oxygen atoms in total. The van der Waals surface area contributed by atoms with Crippen molar-refractivity contribution in [2.24, 2.45) is 0 Å². The van der Waals surface area contributed by atoms with E-state index in [1.54, 1.807) is 10.7 Å². The van der Waals surface area contributed by atoms with Gasteiger partial charge in [0.1, 0.15) is 17.4 Å². The third-order valence-electron chi connectivity index (χ3n) is 3.61. The summed E-state index contributed by atoms with van der Waals surface area (Å²) in [6, 6.07) is 9.46. The van der Waals surface area contributed by atoms with Crippen LogP contribution in [0.15, 0.2) is 41.3 Å². The van der Waals surface area contributed by atoms with Crippen LogP contribution in [0, 0.1) is 13.8 Å². The predicted octanol–water partition coefficient (Wildman–Crippen LogP) is 2.99. The SMILES string of the molecule is Cc1ccc(-n2nc(C)cc2NC(=O)Cn2ncc(Cl)c(Cl)c2=O)cc1. The monoisotopic (exact) mass is 391 g/mol. The van der Waals surface area contributed by atoms with Crippen LogP contribution >= 0.6 is 23.2 Å². The molecule has 2 heterocycles. The third kappa shape index (κ3) is 3.79. The number of nitrogens with zero attached hydrogens (tertiary/aromatic N) is 4. The summed E-state index contributed by atoms with van der Waals surface area (Å²) in [5.74, 6) is 0.0516. The van der Waals surface area contributed by atoms with Crippen LogP contribution in [0.3, 0.4) is 0 Å². The number of hydrogen-bond donors (Lipinski definition) is 1. The van der Waals surface area contributed by atoms with E-state index in [1.165, 1.54) is 6.20 Å². The minimum atomic E-state index is -0.627. The Hall–Kier alpha value is -2.64. The maximum atomic E-state index is 12.3. The second kappa shape index (κ2) is 7.31. The zero-order valence-corrected chi connectivity index (χ0v) is 15.5. The molecular formula is C17H15Cl2N5O2. The average Bonchev–Trinajstić information content (AvgIpc) is 2.96. The van der Waals surface area contributed by atoms with E-state index in [9.17, 15) is 9.59 Å². The number of amides is 1. The van der Waals surface area contributed by atoms with Crippen molar-refractivity contribution in [2.45, 2.75) is 20.4 Å². The molecule has 0 aliphatic carbocycles. The molecule has 0 radical (unpaired) electrons. The molecule has 3 aromatic rings. The van der Waals surface area contributed by atoms with Crippen LogP contribution < -0.4 is 10.9 Å². The predicted molar refractivity (Wildman–Crippen MR) is 100 cm³/mol. The van der Waals surface area contributed by atoms with E-state index in [4.69, 9.17) is 23.2 Å². The topological polar surface area (TPSA) is 81.8 Å². The van der Waals surface area contributed by atoms with Gasteiger partial charge in [-0.05, 0) is 26.0 Å². The van der Waals surface area contributed by atoms with E-state index in [-0.39, 0.29) is 16.6 Å². The Bertz CT molecular complexity index is 1020. The Kier molecular flexibility index (Phi) is 5.11. The van der Waals surface area contributed by atoms with E-state index < -0.39 is 11.5 Å². The Balaban J connectivity index is 1.83. The van der Waals surface area contributed by atoms with Crippen molar-refractivity contribution < 1.29 is 4.79 Å². The first kappa shape index (κ1) is 18.2. The number of aromatic nitrogens is 4. The summed E-state index contributed by atoms with van der Waals surface area (Å²) < 4.78 is 2.57. The van der Waals surface area contributed by atoms with Gasteiger partial charge in [0.2, 0.25) is 5.91 Å². The molecule has 134 valence electrons. The van der Waals surface area contributed by atoms with Crippen LogP contribution in [0.25, 0.3) is 5.69 Å². The fourth-order valence-electron chi connectivity index (χ4n) is 2.35. The molecule has 0 unspecified atom stereocenters. The van der Waals surface area contributed by atoms with Gasteiger partial charge in [0.15, 0.2) is 0 Å². The molecule has 0 aliphatic rings. The largest absolute Gasteiger partial charge is 0.309 e. The highest BCUT2D eigenvalue weighted by molar-refractivity contribution is 6.41. The van der Waals surface area contributed by atoms with Crippen molar-refractivity contribution in [3.8, 4) is 5.69 Å². The smallest absolute Gasteiger partial charge is 0.287 e. The lowest BCUT2D eigenvalue weighted by Crippen LogP contribution is -2.30. The standard InChI is InChI=1S/C17H15Cl2N5O2/c1-10-3-5-12(6-4-10)24-14(7-11(2)22-24)21-15(25)9-23-17(26)16(19)13(18)8-20-23/h3-8H,9H2,1-2H3,(H,21,25). The Labute approximate surface area is 159 Å². The van der Waals surface area contributed by atoms with Crippen molar-refractivity contribution in [1.82, 2.24) is 19.6 Å². The number of nitrogens with one attached hydrogen (secondary N) is 1. The molecule has 0 spiro atoms. The summed E-state index contributed by atoms with van der Waals surface area (Å²) in [6.45, 7) is 3.52. The highest BCUT2D eigenvalue weighted by Crippen LogP contribution is 2.18. The van der Waals surface area contributed by atoms with E-state index in [2.05, 4.69) is 15.5 Å². The fourth-order valence-corrected chi connectivity index (χ4v) is 2.62. The molecule has 0 saturated carbocycles. The molecule has 0 aliphatic heterocycles. The van der Waals surface area contributed by atoms with Crippen LogP contribution in [-0.2, 0) is 11.3 Å². The minimum Gasteiger partial charge on any atom is -0.309 e. The molecule has 26 heavy (non-hydrogen) atoms. The van der Waals surface area contributed by atoms with Crippen molar-refractivity contribution >= 4 is 34.9 Å². The molecule has 0 bridgehead atoms. The van der Waals surface area contributed by atoms with Gasteiger partial charge in [-0.25, -0.2) is 9.36 Å². The van der Waals surface area contributed by atoms with Gasteiger partial charge in [0, 0.05) is 6.07 Å². The molecule has 0 saturated heterocycles. The number of anilines is 1. The zero-order chi connectivity index (χ0) is 18.8. The molecule has 9 heteroatoms. The lowest BCUT2D eigenvalue weighted by molar-refractivity contribution is -0.117.